The Kier molecular flexibility index (Phi) is 2.36. The lowest BCUT2D eigenvalue weighted by molar-refractivity contribution is 0.0103. The highest BCUT2D eigenvalue weighted by molar-refractivity contribution is 5.37. The molecule has 0 spiro atoms. The van der Waals surface area contributed by atoms with Crippen molar-refractivity contribution < 1.29 is 14.2 Å². The van der Waals surface area contributed by atoms with E-state index in [0.717, 1.165) is 0 Å². The lowest BCUT2D eigenvalue weighted by Crippen LogP contribution is -2.36. The molecule has 1 aliphatic carbocycles. The van der Waals surface area contributed by atoms with Crippen molar-refractivity contribution in [1.29, 1.82) is 0 Å². The van der Waals surface area contributed by atoms with Gasteiger partial charge in [-0.3, -0.25) is 0 Å². The van der Waals surface area contributed by atoms with E-state index < -0.39 is 6.10 Å². The number of halogens is 1. The number of rotatable bonds is 1. The van der Waals surface area contributed by atoms with Gasteiger partial charge in [-0.2, -0.15) is 0 Å². The molecule has 1 aromatic carbocycles. The molecule has 1 unspecified atom stereocenters. The van der Waals surface area contributed by atoms with Crippen LogP contribution in [0.1, 0.15) is 37.4 Å². The van der Waals surface area contributed by atoms with Crippen molar-refractivity contribution in [3.05, 3.63) is 29.6 Å². The maximum Gasteiger partial charge on any atom is 0.125 e. The third-order valence-electron chi connectivity index (χ3n) is 3.74. The Morgan fingerprint density at radius 2 is 2.12 bits per heavy atom. The molecular weight excluding hydrogens is 207 g/mol. The lowest BCUT2D eigenvalue weighted by atomic mass is 9.78. The van der Waals surface area contributed by atoms with Crippen LogP contribution in [0.25, 0.3) is 0 Å². The van der Waals surface area contributed by atoms with Crippen LogP contribution in [-0.2, 0) is 0 Å². The Balaban J connectivity index is 1.87. The van der Waals surface area contributed by atoms with Gasteiger partial charge in [-0.05, 0) is 37.0 Å². The van der Waals surface area contributed by atoms with Crippen LogP contribution >= 0.6 is 0 Å². The third-order valence-corrected chi connectivity index (χ3v) is 3.74. The molecule has 1 fully saturated rings. The lowest BCUT2D eigenvalue weighted by Gasteiger charge is -2.38. The van der Waals surface area contributed by atoms with Crippen LogP contribution in [0.3, 0.4) is 0 Å². The molecule has 1 aromatic rings. The number of aliphatic hydroxyl groups excluding tert-OH is 1. The highest BCUT2D eigenvalue weighted by atomic mass is 19.1. The van der Waals surface area contributed by atoms with E-state index in [-0.39, 0.29) is 11.9 Å². The highest BCUT2D eigenvalue weighted by Gasteiger charge is 2.35. The molecule has 1 aliphatic heterocycles. The Labute approximate surface area is 94.0 Å². The van der Waals surface area contributed by atoms with Gasteiger partial charge in [-0.1, -0.05) is 6.42 Å². The molecule has 16 heavy (non-hydrogen) atoms. The first kappa shape index (κ1) is 10.1. The quantitative estimate of drug-likeness (QED) is 0.791. The van der Waals surface area contributed by atoms with Gasteiger partial charge < -0.3 is 9.84 Å². The van der Waals surface area contributed by atoms with E-state index in [2.05, 4.69) is 0 Å². The summed E-state index contributed by atoms with van der Waals surface area (Å²) in [6, 6.07) is 4.38. The summed E-state index contributed by atoms with van der Waals surface area (Å²) in [7, 11) is 0. The third kappa shape index (κ3) is 1.59. The normalized spacial score (nSPS) is 29.1. The second-order valence-corrected chi connectivity index (χ2v) is 4.78. The molecule has 3 heteroatoms. The second kappa shape index (κ2) is 3.74. The van der Waals surface area contributed by atoms with Gasteiger partial charge in [-0.15, -0.1) is 0 Å². The fourth-order valence-corrected chi connectivity index (χ4v) is 2.55. The van der Waals surface area contributed by atoms with E-state index in [9.17, 15) is 9.50 Å². The Morgan fingerprint density at radius 3 is 2.81 bits per heavy atom. The van der Waals surface area contributed by atoms with Crippen molar-refractivity contribution in [3.8, 4) is 5.75 Å². The zero-order valence-corrected chi connectivity index (χ0v) is 9.03. The van der Waals surface area contributed by atoms with Gasteiger partial charge >= 0.3 is 0 Å². The Morgan fingerprint density at radius 1 is 1.31 bits per heavy atom. The van der Waals surface area contributed by atoms with Crippen molar-refractivity contribution in [2.24, 2.45) is 5.92 Å². The minimum atomic E-state index is -0.579. The van der Waals surface area contributed by atoms with Crippen molar-refractivity contribution in [2.75, 3.05) is 0 Å². The Hall–Kier alpha value is -1.09. The van der Waals surface area contributed by atoms with Crippen molar-refractivity contribution in [3.63, 3.8) is 0 Å². The van der Waals surface area contributed by atoms with Gasteiger partial charge in [0.05, 0.1) is 6.10 Å². The Bertz CT molecular complexity index is 401. The smallest absolute Gasteiger partial charge is 0.125 e. The van der Waals surface area contributed by atoms with Crippen LogP contribution in [0.2, 0.25) is 0 Å². The molecule has 1 saturated carbocycles. The summed E-state index contributed by atoms with van der Waals surface area (Å²) in [5.41, 5.74) is 0.593. The number of fused-ring (bicyclic) bond motifs is 1. The number of ether oxygens (including phenoxy) is 1. The molecular formula is C13H15FO2. The summed E-state index contributed by atoms with van der Waals surface area (Å²) in [4.78, 5) is 0. The van der Waals surface area contributed by atoms with E-state index >= 15 is 0 Å². The predicted molar refractivity (Wildman–Crippen MR) is 57.7 cm³/mol. The minimum absolute atomic E-state index is 0.113. The highest BCUT2D eigenvalue weighted by Crippen LogP contribution is 2.42. The monoisotopic (exact) mass is 222 g/mol. The van der Waals surface area contributed by atoms with E-state index in [1.54, 1.807) is 6.07 Å². The molecule has 2 nitrogen and oxygen atoms in total. The molecule has 0 amide bonds. The number of benzene rings is 1. The molecule has 1 heterocycles. The van der Waals surface area contributed by atoms with E-state index in [4.69, 9.17) is 4.74 Å². The number of hydrogen-bond acceptors (Lipinski definition) is 2. The summed E-state index contributed by atoms with van der Waals surface area (Å²) in [5.74, 6) is 0.911. The van der Waals surface area contributed by atoms with Gasteiger partial charge in [0.2, 0.25) is 0 Å². The molecule has 86 valence electrons. The van der Waals surface area contributed by atoms with Gasteiger partial charge in [0, 0.05) is 12.0 Å². The summed E-state index contributed by atoms with van der Waals surface area (Å²) in [6.07, 6.45) is 3.77. The molecule has 0 saturated heterocycles. The fraction of sp³-hybridized carbons (Fsp3) is 0.538. The molecule has 2 atom stereocenters. The average Bonchev–Trinajstić information content (AvgIpc) is 2.17. The zero-order chi connectivity index (χ0) is 11.1. The van der Waals surface area contributed by atoms with Gasteiger partial charge in [0.25, 0.3) is 0 Å². The standard InChI is InChI=1S/C13H15FO2/c14-9-4-5-12-10(6-9)11(15)7-13(16-12)8-2-1-3-8/h4-6,8,11,13,15H,1-3,7H2/t11-,13?/m1/s1. The van der Waals surface area contributed by atoms with Gasteiger partial charge in [0.15, 0.2) is 0 Å². The van der Waals surface area contributed by atoms with Crippen LogP contribution in [-0.4, -0.2) is 11.2 Å². The van der Waals surface area contributed by atoms with E-state index in [0.29, 0.717) is 23.7 Å². The first-order valence-corrected chi connectivity index (χ1v) is 5.88. The van der Waals surface area contributed by atoms with Crippen molar-refractivity contribution >= 4 is 0 Å². The summed E-state index contributed by atoms with van der Waals surface area (Å²) >= 11 is 0. The maximum atomic E-state index is 13.0. The largest absolute Gasteiger partial charge is 0.490 e. The molecule has 0 bridgehead atoms. The average molecular weight is 222 g/mol. The fourth-order valence-electron chi connectivity index (χ4n) is 2.55. The number of hydrogen-bond donors (Lipinski definition) is 1. The molecule has 1 N–H and O–H groups in total. The van der Waals surface area contributed by atoms with Gasteiger partial charge in [0.1, 0.15) is 17.7 Å². The topological polar surface area (TPSA) is 29.5 Å². The SMILES string of the molecule is O[C@@H]1CC(C2CCC2)Oc2ccc(F)cc21. The first-order chi connectivity index (χ1) is 7.74. The summed E-state index contributed by atoms with van der Waals surface area (Å²) in [6.45, 7) is 0. The van der Waals surface area contributed by atoms with Crippen LogP contribution in [0.5, 0.6) is 5.75 Å². The first-order valence-electron chi connectivity index (χ1n) is 5.88. The van der Waals surface area contributed by atoms with E-state index in [1.807, 2.05) is 0 Å². The minimum Gasteiger partial charge on any atom is -0.490 e. The van der Waals surface area contributed by atoms with Crippen molar-refractivity contribution in [1.82, 2.24) is 0 Å². The van der Waals surface area contributed by atoms with Crippen LogP contribution < -0.4 is 4.74 Å². The number of aliphatic hydroxyl groups is 1. The van der Waals surface area contributed by atoms with Crippen LogP contribution in [0.15, 0.2) is 18.2 Å². The van der Waals surface area contributed by atoms with Crippen LogP contribution in [0, 0.1) is 11.7 Å². The second-order valence-electron chi connectivity index (χ2n) is 4.78. The predicted octanol–water partition coefficient (Wildman–Crippen LogP) is 2.81. The summed E-state index contributed by atoms with van der Waals surface area (Å²) < 4.78 is 18.9. The zero-order valence-electron chi connectivity index (χ0n) is 9.03. The summed E-state index contributed by atoms with van der Waals surface area (Å²) in [5, 5.41) is 9.98. The maximum absolute atomic E-state index is 13.0. The van der Waals surface area contributed by atoms with E-state index in [1.165, 1.54) is 31.4 Å². The molecule has 3 rings (SSSR count). The molecule has 2 aliphatic rings. The molecule has 0 aromatic heterocycles. The van der Waals surface area contributed by atoms with Gasteiger partial charge in [-0.25, -0.2) is 4.39 Å². The molecule has 0 radical (unpaired) electrons. The van der Waals surface area contributed by atoms with Crippen LogP contribution in [0.4, 0.5) is 4.39 Å². The van der Waals surface area contributed by atoms with Crippen molar-refractivity contribution in [2.45, 2.75) is 37.9 Å².